The molecule has 0 spiro atoms. The van der Waals surface area contributed by atoms with Gasteiger partial charge in [0.1, 0.15) is 13.2 Å². The molecule has 0 aliphatic heterocycles. The van der Waals surface area contributed by atoms with E-state index in [0.29, 0.717) is 0 Å². The van der Waals surface area contributed by atoms with E-state index in [1.54, 1.807) is 19.1 Å². The molecule has 1 aromatic carbocycles. The molecule has 0 aliphatic rings. The second kappa shape index (κ2) is 7.64. The minimum absolute atomic E-state index is 0.00637. The van der Waals surface area contributed by atoms with Gasteiger partial charge in [-0.15, -0.1) is 0 Å². The normalized spacial score (nSPS) is 10.6. The Morgan fingerprint density at radius 3 is 2.81 bits per heavy atom. The van der Waals surface area contributed by atoms with Crippen LogP contribution in [-0.4, -0.2) is 39.4 Å². The van der Waals surface area contributed by atoms with Crippen LogP contribution < -0.4 is 10.5 Å². The fourth-order valence-corrected chi connectivity index (χ4v) is 2.67. The predicted octanol–water partition coefficient (Wildman–Crippen LogP) is -0.288. The van der Waals surface area contributed by atoms with Crippen molar-refractivity contribution in [2.24, 2.45) is 5.73 Å². The Morgan fingerprint density at radius 2 is 2.19 bits per heavy atom. The molecule has 114 valence electrons. The van der Waals surface area contributed by atoms with Crippen molar-refractivity contribution < 1.29 is 23.1 Å². The van der Waals surface area contributed by atoms with E-state index in [-0.39, 0.29) is 30.2 Å². The van der Waals surface area contributed by atoms with E-state index in [4.69, 9.17) is 10.8 Å². The Labute approximate surface area is 123 Å². The summed E-state index contributed by atoms with van der Waals surface area (Å²) in [5, 5.41) is 8.72. The van der Waals surface area contributed by atoms with Gasteiger partial charge in [-0.1, -0.05) is 17.9 Å². The first-order valence-corrected chi connectivity index (χ1v) is 7.47. The summed E-state index contributed by atoms with van der Waals surface area (Å²) in [5.74, 6) is 5.01. The van der Waals surface area contributed by atoms with Gasteiger partial charge in [0.05, 0.1) is 4.90 Å². The van der Waals surface area contributed by atoms with Gasteiger partial charge in [-0.3, -0.25) is 0 Å². The highest BCUT2D eigenvalue weighted by Gasteiger charge is 2.17. The Morgan fingerprint density at radius 1 is 1.48 bits per heavy atom. The van der Waals surface area contributed by atoms with Crippen LogP contribution in [0.15, 0.2) is 23.1 Å². The zero-order chi connectivity index (χ0) is 15.9. The number of nitrogens with one attached hydrogen (secondary N) is 1. The predicted molar refractivity (Wildman–Crippen MR) is 75.9 cm³/mol. The van der Waals surface area contributed by atoms with Crippen LogP contribution in [0.5, 0.6) is 0 Å². The highest BCUT2D eigenvalue weighted by atomic mass is 32.2. The maximum Gasteiger partial charge on any atom is 0.404 e. The molecule has 0 aliphatic carbocycles. The maximum atomic E-state index is 12.2. The summed E-state index contributed by atoms with van der Waals surface area (Å²) in [7, 11) is -3.80. The fourth-order valence-electron chi connectivity index (χ4n) is 1.52. The van der Waals surface area contributed by atoms with Crippen molar-refractivity contribution in [2.75, 3.05) is 19.8 Å². The fraction of sp³-hybridized carbons (Fsp3) is 0.308. The molecule has 1 aromatic rings. The number of nitrogens with two attached hydrogens (primary N) is 1. The van der Waals surface area contributed by atoms with Crippen molar-refractivity contribution in [1.29, 1.82) is 0 Å². The average Bonchev–Trinajstić information content (AvgIpc) is 2.41. The molecule has 0 aromatic heterocycles. The number of aryl methyl sites for hydroxylation is 1. The molecule has 4 N–H and O–H groups in total. The first kappa shape index (κ1) is 17.0. The number of hydrogen-bond acceptors (Lipinski definition) is 5. The van der Waals surface area contributed by atoms with E-state index >= 15 is 0 Å². The lowest BCUT2D eigenvalue weighted by atomic mass is 10.1. The summed E-state index contributed by atoms with van der Waals surface area (Å²) < 4.78 is 31.0. The van der Waals surface area contributed by atoms with Crippen molar-refractivity contribution in [3.8, 4) is 11.8 Å². The molecule has 1 amide bonds. The van der Waals surface area contributed by atoms with E-state index in [0.717, 1.165) is 5.56 Å². The Hall–Kier alpha value is -2.08. The van der Waals surface area contributed by atoms with Gasteiger partial charge in [0.2, 0.25) is 10.0 Å². The summed E-state index contributed by atoms with van der Waals surface area (Å²) in [6.07, 6.45) is -0.973. The van der Waals surface area contributed by atoms with Crippen LogP contribution in [0.3, 0.4) is 0 Å². The minimum Gasteiger partial charge on any atom is -0.448 e. The van der Waals surface area contributed by atoms with Crippen molar-refractivity contribution in [3.05, 3.63) is 29.3 Å². The second-order valence-electron chi connectivity index (χ2n) is 4.02. The molecule has 0 fully saturated rings. The lowest BCUT2D eigenvalue weighted by Gasteiger charge is -2.09. The molecule has 0 bridgehead atoms. The number of aliphatic hydroxyl groups is 1. The van der Waals surface area contributed by atoms with Gasteiger partial charge in [-0.05, 0) is 24.6 Å². The monoisotopic (exact) mass is 312 g/mol. The van der Waals surface area contributed by atoms with Gasteiger partial charge >= 0.3 is 6.09 Å². The number of benzene rings is 1. The van der Waals surface area contributed by atoms with Crippen LogP contribution in [-0.2, 0) is 14.8 Å². The minimum atomic E-state index is -3.80. The highest BCUT2D eigenvalue weighted by molar-refractivity contribution is 7.89. The maximum absolute atomic E-state index is 12.2. The molecule has 0 atom stereocenters. The van der Waals surface area contributed by atoms with E-state index < -0.39 is 16.1 Å². The number of rotatable bonds is 5. The molecule has 0 radical (unpaired) electrons. The largest absolute Gasteiger partial charge is 0.448 e. The first-order chi connectivity index (χ1) is 9.86. The number of aliphatic hydroxyl groups excluding tert-OH is 1. The Bertz CT molecular complexity index is 674. The number of amides is 1. The van der Waals surface area contributed by atoms with E-state index in [2.05, 4.69) is 21.3 Å². The first-order valence-electron chi connectivity index (χ1n) is 5.99. The smallest absolute Gasteiger partial charge is 0.404 e. The number of carbonyl (C=O) groups excluding carboxylic acids is 1. The van der Waals surface area contributed by atoms with E-state index in [1.165, 1.54) is 6.07 Å². The Balaban J connectivity index is 2.94. The lowest BCUT2D eigenvalue weighted by Crippen LogP contribution is -2.29. The molecule has 0 heterocycles. The summed E-state index contributed by atoms with van der Waals surface area (Å²) in [4.78, 5) is 10.4. The van der Waals surface area contributed by atoms with Gasteiger partial charge in [0.25, 0.3) is 0 Å². The molecule has 0 unspecified atom stereocenters. The summed E-state index contributed by atoms with van der Waals surface area (Å²) in [6, 6.07) is 4.67. The molecular weight excluding hydrogens is 296 g/mol. The summed E-state index contributed by atoms with van der Waals surface area (Å²) in [6.45, 7) is 1.16. The van der Waals surface area contributed by atoms with Gasteiger partial charge in [-0.25, -0.2) is 17.9 Å². The van der Waals surface area contributed by atoms with Crippen LogP contribution in [0, 0.1) is 18.8 Å². The van der Waals surface area contributed by atoms with Gasteiger partial charge in [-0.2, -0.15) is 0 Å². The van der Waals surface area contributed by atoms with Gasteiger partial charge in [0.15, 0.2) is 0 Å². The third kappa shape index (κ3) is 5.43. The van der Waals surface area contributed by atoms with Crippen LogP contribution in [0.1, 0.15) is 11.1 Å². The topological polar surface area (TPSA) is 119 Å². The molecule has 8 heteroatoms. The zero-order valence-electron chi connectivity index (χ0n) is 11.4. The Kier molecular flexibility index (Phi) is 6.17. The van der Waals surface area contributed by atoms with Crippen LogP contribution in [0.4, 0.5) is 4.79 Å². The molecule has 1 rings (SSSR count). The van der Waals surface area contributed by atoms with Crippen molar-refractivity contribution in [3.63, 3.8) is 0 Å². The average molecular weight is 312 g/mol. The third-order valence-corrected chi connectivity index (χ3v) is 3.88. The van der Waals surface area contributed by atoms with Crippen molar-refractivity contribution in [1.82, 2.24) is 4.72 Å². The molecule has 0 saturated carbocycles. The van der Waals surface area contributed by atoms with Crippen molar-refractivity contribution in [2.45, 2.75) is 11.8 Å². The van der Waals surface area contributed by atoms with E-state index in [1.807, 2.05) is 0 Å². The molecule has 7 nitrogen and oxygen atoms in total. The van der Waals surface area contributed by atoms with Crippen LogP contribution >= 0.6 is 0 Å². The summed E-state index contributed by atoms with van der Waals surface area (Å²) >= 11 is 0. The van der Waals surface area contributed by atoms with Gasteiger partial charge < -0.3 is 15.6 Å². The van der Waals surface area contributed by atoms with E-state index in [9.17, 15) is 13.2 Å². The number of ether oxygens (including phenoxy) is 1. The second-order valence-corrected chi connectivity index (χ2v) is 5.76. The zero-order valence-corrected chi connectivity index (χ0v) is 12.2. The quantitative estimate of drug-likeness (QED) is 0.510. The third-order valence-electron chi connectivity index (χ3n) is 2.37. The number of hydrogen-bond donors (Lipinski definition) is 3. The molecule has 21 heavy (non-hydrogen) atoms. The van der Waals surface area contributed by atoms with Crippen LogP contribution in [0.25, 0.3) is 0 Å². The van der Waals surface area contributed by atoms with Crippen LogP contribution in [0.2, 0.25) is 0 Å². The summed E-state index contributed by atoms with van der Waals surface area (Å²) in [5.41, 5.74) is 5.89. The highest BCUT2D eigenvalue weighted by Crippen LogP contribution is 2.16. The standard InChI is InChI=1S/C13H16N2O5S/c1-10-4-5-12(11(9-10)3-2-7-16)21(18,19)15-6-8-20-13(14)17/h4-5,9,15-16H,6-8H2,1H3,(H2,14,17). The molecular formula is C13H16N2O5S. The number of primary amides is 1. The SMILES string of the molecule is Cc1ccc(S(=O)(=O)NCCOC(N)=O)c(C#CCO)c1. The van der Waals surface area contributed by atoms with Crippen molar-refractivity contribution >= 4 is 16.1 Å². The molecule has 0 saturated heterocycles. The van der Waals surface area contributed by atoms with Gasteiger partial charge in [0, 0.05) is 12.1 Å². The number of carbonyl (C=O) groups is 1. The number of sulfonamides is 1. The lowest BCUT2D eigenvalue weighted by molar-refractivity contribution is 0.159.